The Labute approximate surface area is 117 Å². The Morgan fingerprint density at radius 3 is 2.30 bits per heavy atom. The number of carbonyl (C=O) groups excluding carboxylic acids is 2. The summed E-state index contributed by atoms with van der Waals surface area (Å²) in [6.45, 7) is 1.35. The van der Waals surface area contributed by atoms with E-state index in [0.29, 0.717) is 5.56 Å². The van der Waals surface area contributed by atoms with Crippen molar-refractivity contribution in [1.29, 1.82) is 0 Å². The van der Waals surface area contributed by atoms with Crippen molar-refractivity contribution in [2.75, 3.05) is 13.7 Å². The molecule has 0 radical (unpaired) electrons. The monoisotopic (exact) mass is 300 g/mol. The number of ketones is 1. The predicted octanol–water partition coefficient (Wildman–Crippen LogP) is 0.235. The van der Waals surface area contributed by atoms with Gasteiger partial charge in [0.05, 0.1) is 12.0 Å². The first kappa shape index (κ1) is 16.3. The summed E-state index contributed by atoms with van der Waals surface area (Å²) in [7, 11) is -2.41. The number of sulfonamides is 1. The van der Waals surface area contributed by atoms with Crippen LogP contribution in [0.4, 0.5) is 0 Å². The summed E-state index contributed by atoms with van der Waals surface area (Å²) >= 11 is 0. The lowest BCUT2D eigenvalue weighted by molar-refractivity contribution is -0.131. The first-order chi connectivity index (χ1) is 9.36. The molecule has 0 saturated heterocycles. The highest BCUT2D eigenvalue weighted by atomic mass is 32.2. The van der Waals surface area contributed by atoms with Crippen LogP contribution in [0.3, 0.4) is 0 Å². The third kappa shape index (κ3) is 4.72. The smallest absolute Gasteiger partial charge is 0.244 e. The zero-order chi connectivity index (χ0) is 15.2. The number of hydroxylamine groups is 1. The summed E-state index contributed by atoms with van der Waals surface area (Å²) < 4.78 is 26.1. The van der Waals surface area contributed by atoms with E-state index >= 15 is 0 Å². The molecule has 0 unspecified atom stereocenters. The van der Waals surface area contributed by atoms with Gasteiger partial charge in [0.1, 0.15) is 0 Å². The van der Waals surface area contributed by atoms with Gasteiger partial charge in [0.15, 0.2) is 5.78 Å². The minimum atomic E-state index is -3.70. The van der Waals surface area contributed by atoms with E-state index < -0.39 is 15.9 Å². The molecule has 7 nitrogen and oxygen atoms in total. The van der Waals surface area contributed by atoms with Crippen LogP contribution in [-0.4, -0.2) is 33.8 Å². The normalized spacial score (nSPS) is 11.1. The third-order valence-electron chi connectivity index (χ3n) is 2.43. The Morgan fingerprint density at radius 2 is 1.80 bits per heavy atom. The van der Waals surface area contributed by atoms with E-state index in [9.17, 15) is 18.0 Å². The van der Waals surface area contributed by atoms with Gasteiger partial charge in [0.25, 0.3) is 0 Å². The lowest BCUT2D eigenvalue weighted by Gasteiger charge is -2.07. The molecule has 8 heteroatoms. The van der Waals surface area contributed by atoms with Crippen LogP contribution < -0.4 is 10.2 Å². The maximum atomic E-state index is 11.9. The van der Waals surface area contributed by atoms with Gasteiger partial charge in [-0.1, -0.05) is 12.1 Å². The van der Waals surface area contributed by atoms with Crippen molar-refractivity contribution in [2.24, 2.45) is 0 Å². The van der Waals surface area contributed by atoms with Crippen molar-refractivity contribution in [3.05, 3.63) is 29.8 Å². The van der Waals surface area contributed by atoms with Crippen LogP contribution in [0.25, 0.3) is 0 Å². The molecule has 1 aromatic carbocycles. The summed E-state index contributed by atoms with van der Waals surface area (Å²) in [4.78, 5) is 26.6. The van der Waals surface area contributed by atoms with Gasteiger partial charge in [0.2, 0.25) is 15.9 Å². The zero-order valence-corrected chi connectivity index (χ0v) is 12.0. The van der Waals surface area contributed by atoms with Gasteiger partial charge in [-0.25, -0.2) is 18.6 Å². The van der Waals surface area contributed by atoms with Gasteiger partial charge in [-0.2, -0.15) is 0 Å². The zero-order valence-electron chi connectivity index (χ0n) is 11.2. The van der Waals surface area contributed by atoms with Crippen LogP contribution in [0.2, 0.25) is 0 Å². The number of Topliss-reactive ketones (excluding diaryl/α,β-unsaturated/α-hetero) is 1. The Bertz CT molecular complexity index is 580. The molecule has 0 aromatic heterocycles. The molecule has 0 fully saturated rings. The van der Waals surface area contributed by atoms with Crippen LogP contribution in [0.15, 0.2) is 29.2 Å². The average molecular weight is 300 g/mol. The minimum Gasteiger partial charge on any atom is -0.295 e. The van der Waals surface area contributed by atoms with Gasteiger partial charge >= 0.3 is 0 Å². The highest BCUT2D eigenvalue weighted by molar-refractivity contribution is 7.89. The van der Waals surface area contributed by atoms with Gasteiger partial charge in [-0.15, -0.1) is 0 Å². The van der Waals surface area contributed by atoms with Gasteiger partial charge in [-0.3, -0.25) is 14.4 Å². The van der Waals surface area contributed by atoms with E-state index in [-0.39, 0.29) is 23.6 Å². The molecule has 1 amide bonds. The van der Waals surface area contributed by atoms with Crippen LogP contribution in [-0.2, 0) is 19.7 Å². The quantitative estimate of drug-likeness (QED) is 0.554. The van der Waals surface area contributed by atoms with Crippen molar-refractivity contribution in [3.8, 4) is 0 Å². The number of hydrogen-bond acceptors (Lipinski definition) is 5. The molecule has 20 heavy (non-hydrogen) atoms. The summed E-state index contributed by atoms with van der Waals surface area (Å²) in [6, 6.07) is 5.56. The number of benzene rings is 1. The number of carbonyl (C=O) groups is 2. The second-order valence-corrected chi connectivity index (χ2v) is 5.72. The van der Waals surface area contributed by atoms with Crippen LogP contribution in [0, 0.1) is 0 Å². The Morgan fingerprint density at radius 1 is 1.20 bits per heavy atom. The van der Waals surface area contributed by atoms with Crippen LogP contribution in [0.1, 0.15) is 23.7 Å². The predicted molar refractivity (Wildman–Crippen MR) is 71.4 cm³/mol. The van der Waals surface area contributed by atoms with Crippen LogP contribution >= 0.6 is 0 Å². The standard InChI is InChI=1S/C12H16N2O5S/c1-9(15)10-3-5-11(6-4-10)20(17,18)13-8-7-12(16)14-19-2/h3-6,13H,7-8H2,1-2H3,(H,14,16). The lowest BCUT2D eigenvalue weighted by atomic mass is 10.2. The highest BCUT2D eigenvalue weighted by Gasteiger charge is 2.14. The lowest BCUT2D eigenvalue weighted by Crippen LogP contribution is -2.30. The minimum absolute atomic E-state index is 0.0367. The van der Waals surface area contributed by atoms with Crippen molar-refractivity contribution in [2.45, 2.75) is 18.2 Å². The second-order valence-electron chi connectivity index (χ2n) is 3.96. The fourth-order valence-corrected chi connectivity index (χ4v) is 2.45. The molecule has 0 aliphatic rings. The third-order valence-corrected chi connectivity index (χ3v) is 3.91. The van der Waals surface area contributed by atoms with Gasteiger partial charge in [-0.05, 0) is 19.1 Å². The number of amides is 1. The molecule has 0 spiro atoms. The molecule has 1 rings (SSSR count). The SMILES string of the molecule is CONC(=O)CCNS(=O)(=O)c1ccc(C(C)=O)cc1. The molecule has 0 bridgehead atoms. The average Bonchev–Trinajstić information content (AvgIpc) is 2.39. The molecule has 0 aliphatic carbocycles. The fraction of sp³-hybridized carbons (Fsp3) is 0.333. The van der Waals surface area contributed by atoms with E-state index in [0.717, 1.165) is 0 Å². The summed E-state index contributed by atoms with van der Waals surface area (Å²) in [5.74, 6) is -0.569. The first-order valence-corrected chi connectivity index (χ1v) is 7.27. The van der Waals surface area contributed by atoms with E-state index in [2.05, 4.69) is 15.0 Å². The number of nitrogens with one attached hydrogen (secondary N) is 2. The maximum Gasteiger partial charge on any atom is 0.244 e. The molecule has 2 N–H and O–H groups in total. The van der Waals surface area contributed by atoms with E-state index in [1.807, 2.05) is 0 Å². The Kier molecular flexibility index (Phi) is 5.81. The molecule has 0 atom stereocenters. The molecule has 0 heterocycles. The van der Waals surface area contributed by atoms with Gasteiger partial charge < -0.3 is 0 Å². The Hall–Kier alpha value is -1.77. The summed E-state index contributed by atoms with van der Waals surface area (Å²) in [5.41, 5.74) is 2.51. The fourth-order valence-electron chi connectivity index (χ4n) is 1.42. The van der Waals surface area contributed by atoms with E-state index in [1.165, 1.54) is 38.3 Å². The molecule has 0 aliphatic heterocycles. The molecule has 0 saturated carbocycles. The van der Waals surface area contributed by atoms with E-state index in [4.69, 9.17) is 0 Å². The highest BCUT2D eigenvalue weighted by Crippen LogP contribution is 2.10. The second kappa shape index (κ2) is 7.13. The van der Waals surface area contributed by atoms with Crippen molar-refractivity contribution < 1.29 is 22.8 Å². The van der Waals surface area contributed by atoms with Crippen molar-refractivity contribution >= 4 is 21.7 Å². The van der Waals surface area contributed by atoms with Crippen molar-refractivity contribution in [3.63, 3.8) is 0 Å². The molecule has 110 valence electrons. The number of rotatable bonds is 7. The molecule has 1 aromatic rings. The number of hydrogen-bond donors (Lipinski definition) is 2. The molecular formula is C12H16N2O5S. The van der Waals surface area contributed by atoms with E-state index in [1.54, 1.807) is 0 Å². The topological polar surface area (TPSA) is 102 Å². The Balaban J connectivity index is 2.64. The summed E-state index contributed by atoms with van der Waals surface area (Å²) in [6.07, 6.45) is -0.0431. The van der Waals surface area contributed by atoms with Crippen molar-refractivity contribution in [1.82, 2.24) is 10.2 Å². The molecular weight excluding hydrogens is 284 g/mol. The first-order valence-electron chi connectivity index (χ1n) is 5.79. The maximum absolute atomic E-state index is 11.9. The largest absolute Gasteiger partial charge is 0.295 e. The summed E-state index contributed by atoms with van der Waals surface area (Å²) in [5, 5.41) is 0. The van der Waals surface area contributed by atoms with Gasteiger partial charge in [0, 0.05) is 18.5 Å². The van der Waals surface area contributed by atoms with Crippen LogP contribution in [0.5, 0.6) is 0 Å².